The fourth-order valence-electron chi connectivity index (χ4n) is 2.94. The van der Waals surface area contributed by atoms with Crippen LogP contribution in [0.5, 0.6) is 0 Å². The van der Waals surface area contributed by atoms with Gasteiger partial charge in [-0.3, -0.25) is 14.9 Å². The van der Waals surface area contributed by atoms with Gasteiger partial charge < -0.3 is 15.0 Å². The fourth-order valence-corrected chi connectivity index (χ4v) is 2.94. The molecule has 27 heavy (non-hydrogen) atoms. The summed E-state index contributed by atoms with van der Waals surface area (Å²) in [4.78, 5) is 29.1. The maximum absolute atomic E-state index is 12.0. The second kappa shape index (κ2) is 11.7. The molecule has 0 bridgehead atoms. The standard InChI is InChI=1S/C18H26N4O4.HI/c1-3-19-18(20-12-14-7-9-16(10-8-14)22(24)25)21-11-5-6-15(13-21)17(23)26-4-2;/h7-10,15H,3-6,11-13H2,1-2H3,(H,19,20);1H. The van der Waals surface area contributed by atoms with Crippen LogP contribution >= 0.6 is 24.0 Å². The number of piperidine rings is 1. The Bertz CT molecular complexity index is 651. The number of nitrogens with zero attached hydrogens (tertiary/aromatic N) is 3. The molecular formula is C18H27IN4O4. The van der Waals surface area contributed by atoms with Gasteiger partial charge in [0.05, 0.1) is 24.0 Å². The summed E-state index contributed by atoms with van der Waals surface area (Å²) in [5, 5.41) is 14.0. The number of esters is 1. The molecule has 150 valence electrons. The van der Waals surface area contributed by atoms with E-state index in [-0.39, 0.29) is 41.6 Å². The number of guanidine groups is 1. The zero-order chi connectivity index (χ0) is 18.9. The Hall–Kier alpha value is -1.91. The molecule has 1 saturated heterocycles. The second-order valence-corrected chi connectivity index (χ2v) is 6.13. The Morgan fingerprint density at radius 2 is 2.07 bits per heavy atom. The predicted molar refractivity (Wildman–Crippen MR) is 114 cm³/mol. The van der Waals surface area contributed by atoms with Gasteiger partial charge in [0.25, 0.3) is 5.69 Å². The summed E-state index contributed by atoms with van der Waals surface area (Å²) in [6.07, 6.45) is 1.74. The Balaban J connectivity index is 0.00000364. The number of halogens is 1. The number of rotatable bonds is 6. The summed E-state index contributed by atoms with van der Waals surface area (Å²) in [5.74, 6) is 0.468. The van der Waals surface area contributed by atoms with Crippen molar-refractivity contribution in [1.82, 2.24) is 10.2 Å². The molecule has 8 nitrogen and oxygen atoms in total. The van der Waals surface area contributed by atoms with Crippen molar-refractivity contribution in [3.8, 4) is 0 Å². The van der Waals surface area contributed by atoms with E-state index in [1.54, 1.807) is 12.1 Å². The Morgan fingerprint density at radius 1 is 1.37 bits per heavy atom. The van der Waals surface area contributed by atoms with Crippen molar-refractivity contribution in [2.75, 3.05) is 26.2 Å². The number of hydrogen-bond donors (Lipinski definition) is 1. The van der Waals surface area contributed by atoms with E-state index in [0.717, 1.165) is 37.5 Å². The van der Waals surface area contributed by atoms with Crippen molar-refractivity contribution in [3.05, 3.63) is 39.9 Å². The maximum atomic E-state index is 12.0. The van der Waals surface area contributed by atoms with E-state index in [0.29, 0.717) is 19.7 Å². The van der Waals surface area contributed by atoms with Crippen LogP contribution in [0.3, 0.4) is 0 Å². The lowest BCUT2D eigenvalue weighted by molar-refractivity contribution is -0.384. The van der Waals surface area contributed by atoms with E-state index >= 15 is 0 Å². The summed E-state index contributed by atoms with van der Waals surface area (Å²) in [5.41, 5.74) is 0.961. The zero-order valence-electron chi connectivity index (χ0n) is 15.7. The van der Waals surface area contributed by atoms with Crippen LogP contribution in [-0.4, -0.2) is 48.0 Å². The first-order valence-electron chi connectivity index (χ1n) is 8.98. The third-order valence-corrected chi connectivity index (χ3v) is 4.23. The quantitative estimate of drug-likeness (QED) is 0.165. The molecule has 9 heteroatoms. The maximum Gasteiger partial charge on any atom is 0.310 e. The lowest BCUT2D eigenvalue weighted by atomic mass is 9.98. The van der Waals surface area contributed by atoms with Gasteiger partial charge in [-0.25, -0.2) is 4.99 Å². The molecule has 1 aromatic rings. The van der Waals surface area contributed by atoms with Crippen molar-refractivity contribution in [2.24, 2.45) is 10.9 Å². The van der Waals surface area contributed by atoms with Crippen LogP contribution in [0.15, 0.2) is 29.3 Å². The second-order valence-electron chi connectivity index (χ2n) is 6.13. The molecular weight excluding hydrogens is 463 g/mol. The molecule has 0 aliphatic carbocycles. The fraction of sp³-hybridized carbons (Fsp3) is 0.556. The van der Waals surface area contributed by atoms with Crippen LogP contribution in [0, 0.1) is 16.0 Å². The van der Waals surface area contributed by atoms with Crippen LogP contribution < -0.4 is 5.32 Å². The third-order valence-electron chi connectivity index (χ3n) is 4.23. The van der Waals surface area contributed by atoms with Gasteiger partial charge in [0.15, 0.2) is 5.96 Å². The molecule has 1 fully saturated rings. The van der Waals surface area contributed by atoms with E-state index < -0.39 is 4.92 Å². The average Bonchev–Trinajstić information content (AvgIpc) is 2.65. The molecule has 1 heterocycles. The number of nitro benzene ring substituents is 1. The molecule has 1 unspecified atom stereocenters. The number of carbonyl (C=O) groups is 1. The van der Waals surface area contributed by atoms with Gasteiger partial charge in [-0.05, 0) is 32.3 Å². The van der Waals surface area contributed by atoms with Crippen molar-refractivity contribution < 1.29 is 14.5 Å². The summed E-state index contributed by atoms with van der Waals surface area (Å²) in [6, 6.07) is 6.39. The van der Waals surface area contributed by atoms with Crippen LogP contribution in [0.2, 0.25) is 0 Å². The molecule has 1 aliphatic heterocycles. The van der Waals surface area contributed by atoms with Crippen LogP contribution in [-0.2, 0) is 16.1 Å². The Kier molecular flexibility index (Phi) is 10.0. The number of non-ortho nitro benzene ring substituents is 1. The number of carbonyl (C=O) groups excluding carboxylic acids is 1. The van der Waals surface area contributed by atoms with Gasteiger partial charge in [-0.1, -0.05) is 12.1 Å². The van der Waals surface area contributed by atoms with Gasteiger partial charge in [-0.2, -0.15) is 0 Å². The highest BCUT2D eigenvalue weighted by Gasteiger charge is 2.28. The van der Waals surface area contributed by atoms with E-state index in [9.17, 15) is 14.9 Å². The lowest BCUT2D eigenvalue weighted by Crippen LogP contribution is -2.48. The summed E-state index contributed by atoms with van der Waals surface area (Å²) in [7, 11) is 0. The van der Waals surface area contributed by atoms with Crippen LogP contribution in [0.4, 0.5) is 5.69 Å². The molecule has 1 aliphatic rings. The molecule has 0 saturated carbocycles. The lowest BCUT2D eigenvalue weighted by Gasteiger charge is -2.34. The molecule has 1 atom stereocenters. The number of nitrogens with one attached hydrogen (secondary N) is 1. The van der Waals surface area contributed by atoms with Gasteiger partial charge in [0, 0.05) is 31.8 Å². The Labute approximate surface area is 176 Å². The topological polar surface area (TPSA) is 97.1 Å². The van der Waals surface area contributed by atoms with Gasteiger partial charge in [0.2, 0.25) is 0 Å². The number of aliphatic imine (C=N–C) groups is 1. The summed E-state index contributed by atoms with van der Waals surface area (Å²) in [6.45, 7) is 6.76. The SMILES string of the molecule is CCNC(=NCc1ccc([N+](=O)[O-])cc1)N1CCCC(C(=O)OCC)C1.I. The highest BCUT2D eigenvalue weighted by molar-refractivity contribution is 14.0. The summed E-state index contributed by atoms with van der Waals surface area (Å²) >= 11 is 0. The predicted octanol–water partition coefficient (Wildman–Crippen LogP) is 2.95. The number of likely N-dealkylation sites (tertiary alicyclic amines) is 1. The smallest absolute Gasteiger partial charge is 0.310 e. The van der Waals surface area contributed by atoms with Crippen molar-refractivity contribution in [1.29, 1.82) is 0 Å². The number of hydrogen-bond acceptors (Lipinski definition) is 5. The minimum Gasteiger partial charge on any atom is -0.466 e. The van der Waals surface area contributed by atoms with Crippen molar-refractivity contribution in [3.63, 3.8) is 0 Å². The summed E-state index contributed by atoms with van der Waals surface area (Å²) < 4.78 is 5.15. The zero-order valence-corrected chi connectivity index (χ0v) is 18.0. The molecule has 0 aromatic heterocycles. The molecule has 1 aromatic carbocycles. The Morgan fingerprint density at radius 3 is 2.67 bits per heavy atom. The highest BCUT2D eigenvalue weighted by Crippen LogP contribution is 2.18. The third kappa shape index (κ3) is 6.96. The first kappa shape index (κ1) is 23.1. The normalized spacial score (nSPS) is 17.0. The van der Waals surface area contributed by atoms with Crippen molar-refractivity contribution >= 4 is 41.6 Å². The van der Waals surface area contributed by atoms with Gasteiger partial charge in [0.1, 0.15) is 0 Å². The minimum absolute atomic E-state index is 0. The van der Waals surface area contributed by atoms with Gasteiger partial charge in [-0.15, -0.1) is 24.0 Å². The van der Waals surface area contributed by atoms with E-state index in [1.165, 1.54) is 12.1 Å². The van der Waals surface area contributed by atoms with E-state index in [1.807, 2.05) is 13.8 Å². The first-order valence-corrected chi connectivity index (χ1v) is 8.98. The van der Waals surface area contributed by atoms with Crippen LogP contribution in [0.25, 0.3) is 0 Å². The van der Waals surface area contributed by atoms with E-state index in [2.05, 4.69) is 15.2 Å². The van der Waals surface area contributed by atoms with Crippen LogP contribution in [0.1, 0.15) is 32.3 Å². The highest BCUT2D eigenvalue weighted by atomic mass is 127. The molecule has 1 N–H and O–H groups in total. The first-order chi connectivity index (χ1) is 12.5. The molecule has 0 amide bonds. The number of ether oxygens (including phenoxy) is 1. The van der Waals surface area contributed by atoms with E-state index in [4.69, 9.17) is 4.74 Å². The van der Waals surface area contributed by atoms with Crippen molar-refractivity contribution in [2.45, 2.75) is 33.2 Å². The molecule has 0 spiro atoms. The van der Waals surface area contributed by atoms with Gasteiger partial charge >= 0.3 is 5.97 Å². The molecule has 0 radical (unpaired) electrons. The average molecular weight is 490 g/mol. The monoisotopic (exact) mass is 490 g/mol. The largest absolute Gasteiger partial charge is 0.466 e. The number of nitro groups is 1. The molecule has 2 rings (SSSR count). The minimum atomic E-state index is -0.416. The number of benzene rings is 1.